The van der Waals surface area contributed by atoms with E-state index in [4.69, 9.17) is 18.0 Å². The normalized spacial score (nSPS) is 12.2. The molecule has 0 amide bonds. The van der Waals surface area contributed by atoms with Crippen molar-refractivity contribution in [3.05, 3.63) is 29.8 Å². The van der Waals surface area contributed by atoms with E-state index in [9.17, 15) is 0 Å². The van der Waals surface area contributed by atoms with Gasteiger partial charge in [0.25, 0.3) is 0 Å². The summed E-state index contributed by atoms with van der Waals surface area (Å²) in [5, 5.41) is 0. The molecule has 0 aliphatic rings. The first kappa shape index (κ1) is 12.0. The van der Waals surface area contributed by atoms with Crippen LogP contribution in [0.5, 0.6) is 0 Å². The zero-order valence-corrected chi connectivity index (χ0v) is 10.3. The number of hydrogen-bond donors (Lipinski definition) is 1. The molecule has 0 heterocycles. The minimum Gasteiger partial charge on any atom is -0.393 e. The van der Waals surface area contributed by atoms with Gasteiger partial charge in [-0.3, -0.25) is 0 Å². The van der Waals surface area contributed by atoms with Crippen LogP contribution in [-0.2, 0) is 0 Å². The van der Waals surface area contributed by atoms with Crippen LogP contribution in [0.2, 0.25) is 0 Å². The van der Waals surface area contributed by atoms with Crippen molar-refractivity contribution in [3.8, 4) is 0 Å². The number of nitrogens with zero attached hydrogens (tertiary/aromatic N) is 1. The smallest absolute Gasteiger partial charge is 0.0773 e. The van der Waals surface area contributed by atoms with Crippen molar-refractivity contribution in [2.75, 3.05) is 18.5 Å². The van der Waals surface area contributed by atoms with E-state index >= 15 is 0 Å². The molecule has 1 rings (SSSR count). The summed E-state index contributed by atoms with van der Waals surface area (Å²) in [5.74, 6) is 0.240. The van der Waals surface area contributed by atoms with E-state index in [2.05, 4.69) is 37.9 Å². The van der Waals surface area contributed by atoms with Gasteiger partial charge in [0.1, 0.15) is 0 Å². The Labute approximate surface area is 97.1 Å². The Kier molecular flexibility index (Phi) is 4.09. The number of benzene rings is 1. The lowest BCUT2D eigenvalue weighted by Gasteiger charge is -2.24. The largest absolute Gasteiger partial charge is 0.393 e. The SMILES string of the molecule is Cc1ccccc1N(C)CC(C)C(N)=S. The van der Waals surface area contributed by atoms with Gasteiger partial charge in [0.15, 0.2) is 0 Å². The highest BCUT2D eigenvalue weighted by atomic mass is 32.1. The van der Waals surface area contributed by atoms with Crippen molar-refractivity contribution in [2.24, 2.45) is 11.7 Å². The lowest BCUT2D eigenvalue weighted by Crippen LogP contribution is -2.31. The quantitative estimate of drug-likeness (QED) is 0.793. The third kappa shape index (κ3) is 3.20. The number of thiocarbonyl (C=S) groups is 1. The van der Waals surface area contributed by atoms with E-state index in [-0.39, 0.29) is 5.92 Å². The average molecular weight is 222 g/mol. The van der Waals surface area contributed by atoms with Crippen LogP contribution in [-0.4, -0.2) is 18.6 Å². The van der Waals surface area contributed by atoms with Crippen LogP contribution in [0, 0.1) is 12.8 Å². The second-order valence-corrected chi connectivity index (χ2v) is 4.44. The summed E-state index contributed by atoms with van der Waals surface area (Å²) in [6.45, 7) is 5.02. The number of para-hydroxylation sites is 1. The molecule has 0 bridgehead atoms. The molecule has 0 fully saturated rings. The molecule has 1 atom stereocenters. The Morgan fingerprint density at radius 3 is 2.60 bits per heavy atom. The number of hydrogen-bond acceptors (Lipinski definition) is 2. The van der Waals surface area contributed by atoms with Crippen LogP contribution >= 0.6 is 12.2 Å². The molecular formula is C12H18N2S. The molecule has 1 aromatic rings. The molecule has 1 unspecified atom stereocenters. The van der Waals surface area contributed by atoms with Crippen molar-refractivity contribution >= 4 is 22.9 Å². The van der Waals surface area contributed by atoms with Crippen molar-refractivity contribution in [3.63, 3.8) is 0 Å². The van der Waals surface area contributed by atoms with E-state index in [0.29, 0.717) is 4.99 Å². The van der Waals surface area contributed by atoms with Crippen molar-refractivity contribution in [1.29, 1.82) is 0 Å². The van der Waals surface area contributed by atoms with Crippen molar-refractivity contribution in [1.82, 2.24) is 0 Å². The maximum absolute atomic E-state index is 5.61. The van der Waals surface area contributed by atoms with Gasteiger partial charge in [-0.1, -0.05) is 37.3 Å². The predicted octanol–water partition coefficient (Wildman–Crippen LogP) is 2.35. The maximum atomic E-state index is 5.61. The van der Waals surface area contributed by atoms with E-state index < -0.39 is 0 Å². The topological polar surface area (TPSA) is 29.3 Å². The van der Waals surface area contributed by atoms with Gasteiger partial charge in [0.2, 0.25) is 0 Å². The highest BCUT2D eigenvalue weighted by molar-refractivity contribution is 7.80. The third-order valence-corrected chi connectivity index (χ3v) is 2.96. The molecular weight excluding hydrogens is 204 g/mol. The number of anilines is 1. The van der Waals surface area contributed by atoms with Crippen LogP contribution in [0.3, 0.4) is 0 Å². The van der Waals surface area contributed by atoms with Crippen LogP contribution < -0.4 is 10.6 Å². The molecule has 0 spiro atoms. The van der Waals surface area contributed by atoms with Gasteiger partial charge < -0.3 is 10.6 Å². The Morgan fingerprint density at radius 1 is 1.47 bits per heavy atom. The molecule has 0 aliphatic heterocycles. The molecule has 82 valence electrons. The summed E-state index contributed by atoms with van der Waals surface area (Å²) in [5.41, 5.74) is 8.12. The first-order valence-corrected chi connectivity index (χ1v) is 5.49. The van der Waals surface area contributed by atoms with Gasteiger partial charge in [-0.05, 0) is 18.6 Å². The fraction of sp³-hybridized carbons (Fsp3) is 0.417. The number of nitrogens with two attached hydrogens (primary N) is 1. The van der Waals surface area contributed by atoms with Crippen LogP contribution in [0.15, 0.2) is 24.3 Å². The zero-order chi connectivity index (χ0) is 11.4. The minimum atomic E-state index is 0.240. The van der Waals surface area contributed by atoms with Crippen LogP contribution in [0.1, 0.15) is 12.5 Å². The highest BCUT2D eigenvalue weighted by Crippen LogP contribution is 2.18. The highest BCUT2D eigenvalue weighted by Gasteiger charge is 2.10. The molecule has 0 radical (unpaired) electrons. The second kappa shape index (κ2) is 5.12. The number of aryl methyl sites for hydroxylation is 1. The Balaban J connectivity index is 2.73. The zero-order valence-electron chi connectivity index (χ0n) is 9.53. The monoisotopic (exact) mass is 222 g/mol. The maximum Gasteiger partial charge on any atom is 0.0773 e. The molecule has 15 heavy (non-hydrogen) atoms. The van der Waals surface area contributed by atoms with E-state index in [1.807, 2.05) is 12.1 Å². The first-order valence-electron chi connectivity index (χ1n) is 5.08. The molecule has 0 aromatic heterocycles. The van der Waals surface area contributed by atoms with Crippen LogP contribution in [0.25, 0.3) is 0 Å². The third-order valence-electron chi connectivity index (χ3n) is 2.56. The molecule has 2 nitrogen and oxygen atoms in total. The number of rotatable bonds is 4. The van der Waals surface area contributed by atoms with Gasteiger partial charge in [-0.2, -0.15) is 0 Å². The summed E-state index contributed by atoms with van der Waals surface area (Å²) >= 11 is 4.97. The van der Waals surface area contributed by atoms with Gasteiger partial charge in [0, 0.05) is 25.2 Å². The molecule has 0 saturated heterocycles. The Morgan fingerprint density at radius 2 is 2.07 bits per heavy atom. The van der Waals surface area contributed by atoms with Crippen molar-refractivity contribution < 1.29 is 0 Å². The minimum absolute atomic E-state index is 0.240. The first-order chi connectivity index (χ1) is 7.02. The van der Waals surface area contributed by atoms with Crippen molar-refractivity contribution in [2.45, 2.75) is 13.8 Å². The van der Waals surface area contributed by atoms with Gasteiger partial charge in [0.05, 0.1) is 4.99 Å². The van der Waals surface area contributed by atoms with Gasteiger partial charge in [-0.15, -0.1) is 0 Å². The predicted molar refractivity (Wildman–Crippen MR) is 70.4 cm³/mol. The Hall–Kier alpha value is -1.09. The summed E-state index contributed by atoms with van der Waals surface area (Å²) in [7, 11) is 2.07. The van der Waals surface area contributed by atoms with E-state index in [1.165, 1.54) is 11.3 Å². The van der Waals surface area contributed by atoms with E-state index in [0.717, 1.165) is 6.54 Å². The molecule has 1 aromatic carbocycles. The van der Waals surface area contributed by atoms with Gasteiger partial charge in [-0.25, -0.2) is 0 Å². The molecule has 0 aliphatic carbocycles. The molecule has 2 N–H and O–H groups in total. The van der Waals surface area contributed by atoms with Gasteiger partial charge >= 0.3 is 0 Å². The Bertz CT molecular complexity index is 349. The summed E-state index contributed by atoms with van der Waals surface area (Å²) < 4.78 is 0. The fourth-order valence-electron chi connectivity index (χ4n) is 1.59. The van der Waals surface area contributed by atoms with Crippen LogP contribution in [0.4, 0.5) is 5.69 Å². The fourth-order valence-corrected chi connectivity index (χ4v) is 1.67. The molecule has 0 saturated carbocycles. The molecule has 3 heteroatoms. The summed E-state index contributed by atoms with van der Waals surface area (Å²) in [6, 6.07) is 8.31. The lowest BCUT2D eigenvalue weighted by atomic mass is 10.1. The van der Waals surface area contributed by atoms with E-state index in [1.54, 1.807) is 0 Å². The lowest BCUT2D eigenvalue weighted by molar-refractivity contribution is 0.741. The summed E-state index contributed by atoms with van der Waals surface area (Å²) in [6.07, 6.45) is 0. The standard InChI is InChI=1S/C12H18N2S/c1-9-6-4-5-7-11(9)14(3)8-10(2)12(13)15/h4-7,10H,8H2,1-3H3,(H2,13,15). The summed E-state index contributed by atoms with van der Waals surface area (Å²) in [4.78, 5) is 2.77. The average Bonchev–Trinajstić information content (AvgIpc) is 2.18. The second-order valence-electron chi connectivity index (χ2n) is 3.97.